The van der Waals surface area contributed by atoms with Crippen LogP contribution in [-0.4, -0.2) is 28.7 Å². The van der Waals surface area contributed by atoms with E-state index in [1.54, 1.807) is 24.3 Å². The fraction of sp³-hybridized carbons (Fsp3) is 0.118. The van der Waals surface area contributed by atoms with Crippen molar-refractivity contribution in [1.29, 1.82) is 0 Å². The number of nitrogens with zero attached hydrogens (tertiary/aromatic N) is 1. The molecular weight excluding hydrogens is 330 g/mol. The monoisotopic (exact) mass is 343 g/mol. The average Bonchev–Trinajstić information content (AvgIpc) is 3.03. The lowest BCUT2D eigenvalue weighted by atomic mass is 10.2. The first-order chi connectivity index (χ1) is 11.6. The van der Waals surface area contributed by atoms with Crippen molar-refractivity contribution in [1.82, 2.24) is 15.5 Å². The molecule has 0 spiro atoms. The Morgan fingerprint density at radius 1 is 1.12 bits per heavy atom. The number of ether oxygens (including phenoxy) is 1. The average molecular weight is 344 g/mol. The van der Waals surface area contributed by atoms with Crippen LogP contribution in [0.5, 0.6) is 0 Å². The third kappa shape index (κ3) is 3.55. The molecule has 24 heavy (non-hydrogen) atoms. The van der Waals surface area contributed by atoms with E-state index in [9.17, 15) is 9.59 Å². The summed E-state index contributed by atoms with van der Waals surface area (Å²) in [5, 5.41) is 10.5. The number of para-hydroxylation sites is 1. The molecule has 0 bridgehead atoms. The number of hydrogen-bond donors (Lipinski definition) is 2. The summed E-state index contributed by atoms with van der Waals surface area (Å²) in [6, 6.07) is 14.4. The third-order valence-electron chi connectivity index (χ3n) is 3.43. The van der Waals surface area contributed by atoms with E-state index in [1.165, 1.54) is 0 Å². The predicted octanol–water partition coefficient (Wildman–Crippen LogP) is 2.69. The van der Waals surface area contributed by atoms with E-state index >= 15 is 0 Å². The number of benzene rings is 2. The molecule has 122 valence electrons. The van der Waals surface area contributed by atoms with Gasteiger partial charge in [-0.15, -0.1) is 0 Å². The molecule has 2 N–H and O–H groups in total. The highest BCUT2D eigenvalue weighted by Gasteiger charge is 2.16. The first kappa shape index (κ1) is 16.0. The molecule has 0 atom stereocenters. The van der Waals surface area contributed by atoms with Crippen LogP contribution in [0.4, 0.5) is 0 Å². The Hall–Kier alpha value is -2.86. The van der Waals surface area contributed by atoms with Crippen molar-refractivity contribution in [2.75, 3.05) is 6.61 Å². The first-order valence-electron chi connectivity index (χ1n) is 7.25. The summed E-state index contributed by atoms with van der Waals surface area (Å²) >= 11 is 6.01. The molecule has 0 saturated carbocycles. The zero-order valence-electron chi connectivity index (χ0n) is 12.6. The normalized spacial score (nSPS) is 10.5. The Balaban J connectivity index is 1.54. The first-order valence-corrected chi connectivity index (χ1v) is 7.63. The van der Waals surface area contributed by atoms with Gasteiger partial charge in [-0.2, -0.15) is 5.10 Å². The number of fused-ring (bicyclic) bond motifs is 1. The summed E-state index contributed by atoms with van der Waals surface area (Å²) in [6.07, 6.45) is 0. The van der Waals surface area contributed by atoms with E-state index in [4.69, 9.17) is 16.3 Å². The van der Waals surface area contributed by atoms with Gasteiger partial charge in [-0.3, -0.25) is 9.89 Å². The molecule has 1 heterocycles. The van der Waals surface area contributed by atoms with E-state index in [0.29, 0.717) is 10.4 Å². The van der Waals surface area contributed by atoms with Gasteiger partial charge in [0.25, 0.3) is 5.91 Å². The van der Waals surface area contributed by atoms with Crippen molar-refractivity contribution in [2.45, 2.75) is 6.54 Å². The SMILES string of the molecule is O=C(COC(=O)c1n[nH]c2ccccc12)NCc1ccccc1Cl. The van der Waals surface area contributed by atoms with E-state index in [1.807, 2.05) is 24.3 Å². The van der Waals surface area contributed by atoms with Gasteiger partial charge >= 0.3 is 5.97 Å². The quantitative estimate of drug-likeness (QED) is 0.698. The number of nitrogens with one attached hydrogen (secondary N) is 2. The van der Waals surface area contributed by atoms with Gasteiger partial charge in [0.15, 0.2) is 12.3 Å². The number of esters is 1. The molecular formula is C17H14ClN3O3. The van der Waals surface area contributed by atoms with Gasteiger partial charge in [-0.25, -0.2) is 4.79 Å². The Labute approximate surface area is 142 Å². The molecule has 3 rings (SSSR count). The largest absolute Gasteiger partial charge is 0.451 e. The number of carbonyl (C=O) groups excluding carboxylic acids is 2. The lowest BCUT2D eigenvalue weighted by Crippen LogP contribution is -2.28. The summed E-state index contributed by atoms with van der Waals surface area (Å²) in [6.45, 7) is -0.119. The van der Waals surface area contributed by atoms with Crippen molar-refractivity contribution in [3.8, 4) is 0 Å². The summed E-state index contributed by atoms with van der Waals surface area (Å²) < 4.78 is 5.01. The van der Waals surface area contributed by atoms with E-state index in [-0.39, 0.29) is 18.8 Å². The maximum Gasteiger partial charge on any atom is 0.359 e. The van der Waals surface area contributed by atoms with Gasteiger partial charge in [0.1, 0.15) is 0 Å². The molecule has 0 aliphatic heterocycles. The van der Waals surface area contributed by atoms with Crippen molar-refractivity contribution in [3.05, 3.63) is 64.8 Å². The molecule has 1 amide bonds. The van der Waals surface area contributed by atoms with Gasteiger partial charge in [-0.05, 0) is 17.7 Å². The number of amides is 1. The van der Waals surface area contributed by atoms with Crippen molar-refractivity contribution >= 4 is 34.4 Å². The topological polar surface area (TPSA) is 84.1 Å². The lowest BCUT2D eigenvalue weighted by Gasteiger charge is -2.07. The molecule has 6 nitrogen and oxygen atoms in total. The highest BCUT2D eigenvalue weighted by molar-refractivity contribution is 6.31. The molecule has 7 heteroatoms. The molecule has 1 aromatic heterocycles. The Bertz CT molecular complexity index is 891. The van der Waals surface area contributed by atoms with E-state index in [0.717, 1.165) is 11.1 Å². The van der Waals surface area contributed by atoms with Crippen LogP contribution >= 0.6 is 11.6 Å². The van der Waals surface area contributed by atoms with Crippen LogP contribution in [0.15, 0.2) is 48.5 Å². The van der Waals surface area contributed by atoms with Crippen LogP contribution in [0.3, 0.4) is 0 Å². The molecule has 0 saturated heterocycles. The zero-order valence-corrected chi connectivity index (χ0v) is 13.3. The zero-order chi connectivity index (χ0) is 16.9. The molecule has 0 unspecified atom stereocenters. The summed E-state index contributed by atoms with van der Waals surface area (Å²) in [5.41, 5.74) is 1.68. The van der Waals surface area contributed by atoms with Crippen LogP contribution in [0.2, 0.25) is 5.02 Å². The molecule has 2 aromatic carbocycles. The number of halogens is 1. The van der Waals surface area contributed by atoms with Crippen molar-refractivity contribution < 1.29 is 14.3 Å². The van der Waals surface area contributed by atoms with Gasteiger partial charge < -0.3 is 10.1 Å². The highest BCUT2D eigenvalue weighted by Crippen LogP contribution is 2.16. The minimum absolute atomic E-state index is 0.157. The fourth-order valence-corrected chi connectivity index (χ4v) is 2.41. The molecule has 0 radical (unpaired) electrons. The smallest absolute Gasteiger partial charge is 0.359 e. The van der Waals surface area contributed by atoms with Crippen LogP contribution in [-0.2, 0) is 16.1 Å². The minimum atomic E-state index is -0.652. The number of aromatic nitrogens is 2. The predicted molar refractivity (Wildman–Crippen MR) is 89.7 cm³/mol. The standard InChI is InChI=1S/C17H14ClN3O3/c18-13-7-3-1-5-11(13)9-19-15(22)10-24-17(23)16-12-6-2-4-8-14(12)20-21-16/h1-8H,9-10H2,(H,19,22)(H,20,21). The number of carbonyl (C=O) groups is 2. The number of hydrogen-bond acceptors (Lipinski definition) is 4. The minimum Gasteiger partial charge on any atom is -0.451 e. The number of H-pyrrole nitrogens is 1. The van der Waals surface area contributed by atoms with Crippen LogP contribution in [0, 0.1) is 0 Å². The second-order valence-electron chi connectivity index (χ2n) is 5.06. The summed E-state index contributed by atoms with van der Waals surface area (Å²) in [7, 11) is 0. The maximum atomic E-state index is 12.0. The van der Waals surface area contributed by atoms with Gasteiger partial charge in [0.2, 0.25) is 0 Å². The second kappa shape index (κ2) is 7.14. The van der Waals surface area contributed by atoms with Gasteiger partial charge in [0.05, 0.1) is 5.52 Å². The lowest BCUT2D eigenvalue weighted by molar-refractivity contribution is -0.124. The molecule has 0 fully saturated rings. The highest BCUT2D eigenvalue weighted by atomic mass is 35.5. The van der Waals surface area contributed by atoms with E-state index in [2.05, 4.69) is 15.5 Å². The summed E-state index contributed by atoms with van der Waals surface area (Å²) in [4.78, 5) is 23.9. The van der Waals surface area contributed by atoms with Crippen molar-refractivity contribution in [3.63, 3.8) is 0 Å². The van der Waals surface area contributed by atoms with Gasteiger partial charge in [-0.1, -0.05) is 48.0 Å². The molecule has 0 aliphatic carbocycles. The Morgan fingerprint density at radius 2 is 1.88 bits per heavy atom. The Morgan fingerprint density at radius 3 is 2.71 bits per heavy atom. The van der Waals surface area contributed by atoms with E-state index < -0.39 is 11.9 Å². The number of aromatic amines is 1. The van der Waals surface area contributed by atoms with Crippen LogP contribution < -0.4 is 5.32 Å². The molecule has 3 aromatic rings. The number of rotatable bonds is 5. The third-order valence-corrected chi connectivity index (χ3v) is 3.80. The fourth-order valence-electron chi connectivity index (χ4n) is 2.21. The second-order valence-corrected chi connectivity index (χ2v) is 5.47. The Kier molecular flexibility index (Phi) is 4.77. The van der Waals surface area contributed by atoms with Crippen LogP contribution in [0.25, 0.3) is 10.9 Å². The maximum absolute atomic E-state index is 12.0. The van der Waals surface area contributed by atoms with Crippen molar-refractivity contribution in [2.24, 2.45) is 0 Å². The van der Waals surface area contributed by atoms with Crippen LogP contribution in [0.1, 0.15) is 16.1 Å². The summed E-state index contributed by atoms with van der Waals surface area (Å²) in [5.74, 6) is -1.07. The van der Waals surface area contributed by atoms with Gasteiger partial charge in [0, 0.05) is 17.0 Å². The molecule has 0 aliphatic rings.